The van der Waals surface area contributed by atoms with E-state index in [4.69, 9.17) is 4.42 Å². The molecule has 1 aliphatic carbocycles. The van der Waals surface area contributed by atoms with Crippen LogP contribution in [0.5, 0.6) is 0 Å². The first-order valence-electron chi connectivity index (χ1n) is 12.9. The van der Waals surface area contributed by atoms with Gasteiger partial charge in [0, 0.05) is 24.8 Å². The van der Waals surface area contributed by atoms with Crippen molar-refractivity contribution in [1.29, 1.82) is 0 Å². The number of carbonyl (C=O) groups is 4. The zero-order valence-electron chi connectivity index (χ0n) is 21.5. The summed E-state index contributed by atoms with van der Waals surface area (Å²) in [5.74, 6) is -3.62. The number of nitrogens with one attached hydrogen (secondary N) is 2. The summed E-state index contributed by atoms with van der Waals surface area (Å²) in [4.78, 5) is 64.5. The average molecular weight is 542 g/mol. The number of urea groups is 1. The molecule has 4 amide bonds. The second-order valence-corrected chi connectivity index (χ2v) is 9.87. The molecule has 13 nitrogen and oxygen atoms in total. The van der Waals surface area contributed by atoms with Gasteiger partial charge in [-0.3, -0.25) is 29.4 Å². The maximum Gasteiger partial charge on any atom is 0.433 e. The van der Waals surface area contributed by atoms with Gasteiger partial charge in [-0.05, 0) is 49.4 Å². The molecule has 3 N–H and O–H groups in total. The van der Waals surface area contributed by atoms with Crippen LogP contribution in [-0.4, -0.2) is 68.9 Å². The second kappa shape index (κ2) is 12.0. The molecule has 13 heteroatoms. The first-order valence-corrected chi connectivity index (χ1v) is 12.9. The Kier molecular flexibility index (Phi) is 8.47. The molecule has 2 unspecified atom stereocenters. The minimum atomic E-state index is -1.42. The van der Waals surface area contributed by atoms with Crippen LogP contribution in [-0.2, 0) is 9.59 Å². The van der Waals surface area contributed by atoms with Crippen LogP contribution in [0.4, 0.5) is 16.4 Å². The predicted octanol–water partition coefficient (Wildman–Crippen LogP) is 3.35. The topological polar surface area (TPSA) is 175 Å². The summed E-state index contributed by atoms with van der Waals surface area (Å²) in [5, 5.41) is 26.1. The first kappa shape index (κ1) is 27.6. The van der Waals surface area contributed by atoms with Crippen LogP contribution in [0.15, 0.2) is 40.8 Å². The van der Waals surface area contributed by atoms with Gasteiger partial charge in [-0.15, -0.1) is 0 Å². The molecule has 2 aliphatic rings. The monoisotopic (exact) mass is 541 g/mol. The number of amides is 4. The molecule has 0 bridgehead atoms. The fourth-order valence-corrected chi connectivity index (χ4v) is 5.25. The number of carboxylic acids is 1. The van der Waals surface area contributed by atoms with E-state index in [0.29, 0.717) is 5.69 Å². The highest BCUT2D eigenvalue weighted by Gasteiger charge is 2.45. The van der Waals surface area contributed by atoms with Gasteiger partial charge >= 0.3 is 17.9 Å². The summed E-state index contributed by atoms with van der Waals surface area (Å²) in [6.45, 7) is 1.82. The predicted molar refractivity (Wildman–Crippen MR) is 138 cm³/mol. The highest BCUT2D eigenvalue weighted by molar-refractivity contribution is 5.99. The minimum absolute atomic E-state index is 0.00268. The van der Waals surface area contributed by atoms with Crippen LogP contribution in [0.25, 0.3) is 0 Å². The van der Waals surface area contributed by atoms with Crippen LogP contribution >= 0.6 is 0 Å². The molecular weight excluding hydrogens is 510 g/mol. The number of aliphatic carboxylic acids is 1. The van der Waals surface area contributed by atoms with Crippen LogP contribution in [0.2, 0.25) is 0 Å². The van der Waals surface area contributed by atoms with E-state index >= 15 is 0 Å². The van der Waals surface area contributed by atoms with Crippen molar-refractivity contribution in [3.05, 3.63) is 57.8 Å². The van der Waals surface area contributed by atoms with Gasteiger partial charge in [0.25, 0.3) is 11.8 Å². The average Bonchev–Trinajstić information content (AvgIpc) is 3.57. The van der Waals surface area contributed by atoms with Gasteiger partial charge < -0.3 is 25.1 Å². The highest BCUT2D eigenvalue weighted by Crippen LogP contribution is 2.29. The fourth-order valence-electron chi connectivity index (χ4n) is 5.25. The molecule has 1 aromatic carbocycles. The number of furan rings is 1. The number of carbonyl (C=O) groups excluding carboxylic acids is 3. The lowest BCUT2D eigenvalue weighted by atomic mass is 9.82. The van der Waals surface area contributed by atoms with Gasteiger partial charge in [0.1, 0.15) is 4.92 Å². The van der Waals surface area contributed by atoms with E-state index in [1.807, 2.05) is 13.0 Å². The maximum absolute atomic E-state index is 13.7. The summed E-state index contributed by atoms with van der Waals surface area (Å²) in [6, 6.07) is 7.92. The van der Waals surface area contributed by atoms with Crippen LogP contribution < -0.4 is 10.6 Å². The Morgan fingerprint density at radius 2 is 1.82 bits per heavy atom. The molecule has 2 heterocycles. The molecule has 1 saturated heterocycles. The van der Waals surface area contributed by atoms with Crippen LogP contribution in [0.1, 0.15) is 54.6 Å². The Morgan fingerprint density at radius 3 is 2.46 bits per heavy atom. The van der Waals surface area contributed by atoms with Crippen molar-refractivity contribution in [2.75, 3.05) is 18.4 Å². The molecule has 2 atom stereocenters. The van der Waals surface area contributed by atoms with Gasteiger partial charge in [-0.2, -0.15) is 0 Å². The molecule has 0 spiro atoms. The van der Waals surface area contributed by atoms with Crippen molar-refractivity contribution in [2.45, 2.75) is 57.7 Å². The summed E-state index contributed by atoms with van der Waals surface area (Å²) >= 11 is 0. The highest BCUT2D eigenvalue weighted by atomic mass is 16.6. The third-order valence-electron chi connectivity index (χ3n) is 7.12. The van der Waals surface area contributed by atoms with E-state index in [9.17, 15) is 34.4 Å². The third kappa shape index (κ3) is 6.54. The SMILES string of the molecule is Cc1cccc(NC(=O)N2CCN(C(=O)c3ccc([N+](=O)[O-])o3)C2C(=O)NC(CC(=O)O)C2CCCCC2)c1. The van der Waals surface area contributed by atoms with Crippen molar-refractivity contribution >= 4 is 35.4 Å². The Labute approximate surface area is 224 Å². The summed E-state index contributed by atoms with van der Waals surface area (Å²) in [5.41, 5.74) is 1.40. The Morgan fingerprint density at radius 1 is 1.10 bits per heavy atom. The molecule has 1 aromatic heterocycles. The van der Waals surface area contributed by atoms with Crippen molar-refractivity contribution in [3.8, 4) is 0 Å². The van der Waals surface area contributed by atoms with E-state index in [0.717, 1.165) is 54.7 Å². The first-order chi connectivity index (χ1) is 18.6. The van der Waals surface area contributed by atoms with Crippen molar-refractivity contribution in [1.82, 2.24) is 15.1 Å². The smallest absolute Gasteiger partial charge is 0.433 e. The molecule has 4 rings (SSSR count). The molecule has 0 radical (unpaired) electrons. The number of hydrogen-bond donors (Lipinski definition) is 3. The lowest BCUT2D eigenvalue weighted by Gasteiger charge is -2.34. The van der Waals surface area contributed by atoms with Crippen LogP contribution in [0, 0.1) is 23.0 Å². The Bertz CT molecular complexity index is 1250. The van der Waals surface area contributed by atoms with Gasteiger partial charge in [0.05, 0.1) is 12.5 Å². The summed E-state index contributed by atoms with van der Waals surface area (Å²) in [7, 11) is 0. The molecule has 2 fully saturated rings. The number of aryl methyl sites for hydroxylation is 1. The van der Waals surface area contributed by atoms with Gasteiger partial charge in [-0.1, -0.05) is 31.4 Å². The van der Waals surface area contributed by atoms with E-state index in [1.54, 1.807) is 18.2 Å². The van der Waals surface area contributed by atoms with Gasteiger partial charge in [-0.25, -0.2) is 4.79 Å². The lowest BCUT2D eigenvalue weighted by molar-refractivity contribution is -0.402. The maximum atomic E-state index is 13.7. The van der Waals surface area contributed by atoms with Crippen LogP contribution in [0.3, 0.4) is 0 Å². The van der Waals surface area contributed by atoms with Crippen molar-refractivity contribution in [3.63, 3.8) is 0 Å². The second-order valence-electron chi connectivity index (χ2n) is 9.87. The number of anilines is 1. The van der Waals surface area contributed by atoms with E-state index < -0.39 is 46.8 Å². The van der Waals surface area contributed by atoms with E-state index in [-0.39, 0.29) is 31.2 Å². The molecule has 39 heavy (non-hydrogen) atoms. The Hall–Kier alpha value is -4.42. The van der Waals surface area contributed by atoms with E-state index in [2.05, 4.69) is 10.6 Å². The number of rotatable bonds is 8. The fraction of sp³-hybridized carbons (Fsp3) is 0.462. The largest absolute Gasteiger partial charge is 0.481 e. The molecule has 1 aliphatic heterocycles. The number of hydrogen-bond acceptors (Lipinski definition) is 7. The van der Waals surface area contributed by atoms with Gasteiger partial charge in [0.15, 0.2) is 11.9 Å². The zero-order chi connectivity index (χ0) is 28.1. The number of carboxylic acid groups (broad SMARTS) is 1. The number of nitrogens with zero attached hydrogens (tertiary/aromatic N) is 3. The number of nitro groups is 1. The summed E-state index contributed by atoms with van der Waals surface area (Å²) in [6.07, 6.45) is 2.69. The zero-order valence-corrected chi connectivity index (χ0v) is 21.5. The number of benzene rings is 1. The quantitative estimate of drug-likeness (QED) is 0.337. The summed E-state index contributed by atoms with van der Waals surface area (Å²) < 4.78 is 5.06. The van der Waals surface area contributed by atoms with E-state index in [1.165, 1.54) is 4.90 Å². The third-order valence-corrected chi connectivity index (χ3v) is 7.12. The van der Waals surface area contributed by atoms with Gasteiger partial charge in [0.2, 0.25) is 0 Å². The minimum Gasteiger partial charge on any atom is -0.481 e. The van der Waals surface area contributed by atoms with Crippen molar-refractivity contribution in [2.24, 2.45) is 5.92 Å². The molecule has 208 valence electrons. The normalized spacial score (nSPS) is 18.4. The van der Waals surface area contributed by atoms with Crippen molar-refractivity contribution < 1.29 is 33.6 Å². The lowest BCUT2D eigenvalue weighted by Crippen LogP contribution is -2.57. The molecular formula is C26H31N5O8. The molecule has 1 saturated carbocycles. The standard InChI is InChI=1S/C26H31N5O8/c1-16-6-5-9-18(14-16)27-26(36)30-13-12-29(25(35)20-10-11-21(39-20)31(37)38)24(30)23(34)28-19(15-22(32)33)17-7-3-2-4-8-17/h5-6,9-11,14,17,19,24H,2-4,7-8,12-13,15H2,1H3,(H,27,36)(H,28,34)(H,32,33). The molecule has 2 aromatic rings. The Balaban J connectivity index is 1.61.